The molecule has 4 amide bonds. The first-order valence-electron chi connectivity index (χ1n) is 12.4. The molecule has 0 aromatic heterocycles. The number of carbonyl (C=O) groups is 3. The van der Waals surface area contributed by atoms with E-state index >= 15 is 0 Å². The Kier molecular flexibility index (Phi) is 16.7. The second kappa shape index (κ2) is 17.9. The standard InChI is InChI=1S/C25H38ClN5O3S.C2H6/c1-17(2)11-12-20(23(35)28-25(34)27-21-10-8-9-18(3)22(21)26)24(33)30(7)14-16-31(19(4)32)15-13-29(5)6;1-2/h8-12,17,35H,13-16H2,1-7H3,(H2,27,28,34);1-2H3/b12-11+,23-20+;. The second-order valence-electron chi connectivity index (χ2n) is 8.92. The molecule has 0 unspecified atom stereocenters. The molecular weight excluding hydrogens is 510 g/mol. The van der Waals surface area contributed by atoms with Crippen molar-refractivity contribution in [3.05, 3.63) is 51.5 Å². The minimum Gasteiger partial charge on any atom is -0.340 e. The van der Waals surface area contributed by atoms with Crippen LogP contribution in [0.5, 0.6) is 0 Å². The molecule has 0 saturated carbocycles. The number of halogens is 1. The summed E-state index contributed by atoms with van der Waals surface area (Å²) in [5.41, 5.74) is 1.52. The van der Waals surface area contributed by atoms with E-state index in [2.05, 4.69) is 23.3 Å². The summed E-state index contributed by atoms with van der Waals surface area (Å²) in [4.78, 5) is 43.0. The number of carbonyl (C=O) groups excluding carboxylic acids is 3. The molecule has 0 bridgehead atoms. The first-order chi connectivity index (χ1) is 17.3. The SMILES string of the molecule is CC.CC(=O)N(CCN(C)C)CCN(C)C(=O)C(/C=C/C(C)C)=C(/S)NC(=O)Nc1cccc(C)c1Cl. The Labute approximate surface area is 233 Å². The first-order valence-corrected chi connectivity index (χ1v) is 13.3. The number of likely N-dealkylation sites (N-methyl/N-ethyl adjacent to an activating group) is 2. The molecule has 8 nitrogen and oxygen atoms in total. The van der Waals surface area contributed by atoms with Gasteiger partial charge in [-0.25, -0.2) is 4.79 Å². The molecule has 0 radical (unpaired) electrons. The summed E-state index contributed by atoms with van der Waals surface area (Å²) >= 11 is 10.7. The van der Waals surface area contributed by atoms with Crippen LogP contribution in [0.1, 0.15) is 40.2 Å². The van der Waals surface area contributed by atoms with Gasteiger partial charge in [0.05, 0.1) is 21.3 Å². The van der Waals surface area contributed by atoms with Crippen molar-refractivity contribution in [2.24, 2.45) is 5.92 Å². The molecule has 0 heterocycles. The van der Waals surface area contributed by atoms with Gasteiger partial charge in [-0.15, -0.1) is 12.6 Å². The van der Waals surface area contributed by atoms with Crippen molar-refractivity contribution in [3.63, 3.8) is 0 Å². The van der Waals surface area contributed by atoms with E-state index in [1.807, 2.05) is 65.8 Å². The van der Waals surface area contributed by atoms with Gasteiger partial charge in [-0.1, -0.05) is 63.6 Å². The number of amides is 4. The molecule has 0 saturated heterocycles. The molecule has 1 aromatic rings. The maximum absolute atomic E-state index is 13.2. The highest BCUT2D eigenvalue weighted by Crippen LogP contribution is 2.25. The summed E-state index contributed by atoms with van der Waals surface area (Å²) in [5.74, 6) is -0.188. The van der Waals surface area contributed by atoms with Gasteiger partial charge >= 0.3 is 6.03 Å². The lowest BCUT2D eigenvalue weighted by molar-refractivity contribution is -0.131. The third kappa shape index (κ3) is 13.0. The molecule has 0 aliphatic rings. The smallest absolute Gasteiger partial charge is 0.324 e. The zero-order valence-electron chi connectivity index (χ0n) is 23.7. The largest absolute Gasteiger partial charge is 0.340 e. The quantitative estimate of drug-likeness (QED) is 0.204. The average Bonchev–Trinajstić information content (AvgIpc) is 2.82. The summed E-state index contributed by atoms with van der Waals surface area (Å²) < 4.78 is 0. The third-order valence-electron chi connectivity index (χ3n) is 5.12. The fourth-order valence-electron chi connectivity index (χ4n) is 2.94. The summed E-state index contributed by atoms with van der Waals surface area (Å²) in [5, 5.41) is 5.85. The lowest BCUT2D eigenvalue weighted by Gasteiger charge is -2.26. The van der Waals surface area contributed by atoms with Crippen molar-refractivity contribution in [3.8, 4) is 0 Å². The van der Waals surface area contributed by atoms with Gasteiger partial charge in [0.1, 0.15) is 0 Å². The number of aryl methyl sites for hydroxylation is 1. The molecule has 0 atom stereocenters. The molecule has 2 N–H and O–H groups in total. The van der Waals surface area contributed by atoms with Crippen molar-refractivity contribution >= 4 is 47.8 Å². The number of hydrogen-bond acceptors (Lipinski definition) is 5. The number of anilines is 1. The molecule has 1 rings (SSSR count). The summed E-state index contributed by atoms with van der Waals surface area (Å²) in [6.07, 6.45) is 3.51. The first kappa shape index (κ1) is 34.5. The van der Waals surface area contributed by atoms with Crippen LogP contribution in [0.3, 0.4) is 0 Å². The zero-order chi connectivity index (χ0) is 28.7. The van der Waals surface area contributed by atoms with Gasteiger partial charge in [0.25, 0.3) is 5.91 Å². The topological polar surface area (TPSA) is 85.0 Å². The Balaban J connectivity index is 0.00000631. The maximum Gasteiger partial charge on any atom is 0.324 e. The lowest BCUT2D eigenvalue weighted by Crippen LogP contribution is -2.42. The van der Waals surface area contributed by atoms with Gasteiger partial charge in [-0.05, 0) is 38.6 Å². The van der Waals surface area contributed by atoms with Crippen molar-refractivity contribution in [1.82, 2.24) is 20.0 Å². The third-order valence-corrected chi connectivity index (χ3v) is 5.97. The predicted molar refractivity (Wildman–Crippen MR) is 158 cm³/mol. The van der Waals surface area contributed by atoms with E-state index in [4.69, 9.17) is 11.6 Å². The monoisotopic (exact) mass is 553 g/mol. The number of benzene rings is 1. The Morgan fingerprint density at radius 1 is 1.05 bits per heavy atom. The molecule has 0 aliphatic carbocycles. The van der Waals surface area contributed by atoms with Gasteiger partial charge in [-0.3, -0.25) is 9.59 Å². The number of allylic oxidation sites excluding steroid dienone is 1. The number of hydrogen-bond donors (Lipinski definition) is 3. The number of thiol groups is 1. The van der Waals surface area contributed by atoms with Crippen molar-refractivity contribution in [1.29, 1.82) is 0 Å². The normalized spacial score (nSPS) is 11.6. The minimum absolute atomic E-state index is 0.0498. The fraction of sp³-hybridized carbons (Fsp3) is 0.519. The summed E-state index contributed by atoms with van der Waals surface area (Å²) in [7, 11) is 5.54. The van der Waals surface area contributed by atoms with Crippen LogP contribution in [0.4, 0.5) is 10.5 Å². The summed E-state index contributed by atoms with van der Waals surface area (Å²) in [6, 6.07) is 4.74. The van der Waals surface area contributed by atoms with Crippen LogP contribution >= 0.6 is 24.2 Å². The van der Waals surface area contributed by atoms with Gasteiger partial charge in [-0.2, -0.15) is 0 Å². The number of nitrogens with one attached hydrogen (secondary N) is 2. The van der Waals surface area contributed by atoms with E-state index in [0.29, 0.717) is 30.3 Å². The zero-order valence-corrected chi connectivity index (χ0v) is 25.3. The Bertz CT molecular complexity index is 963. The Hall–Kier alpha value is -2.49. The van der Waals surface area contributed by atoms with Crippen LogP contribution in [0, 0.1) is 12.8 Å². The van der Waals surface area contributed by atoms with Gasteiger partial charge < -0.3 is 25.3 Å². The Morgan fingerprint density at radius 3 is 2.19 bits per heavy atom. The average molecular weight is 554 g/mol. The van der Waals surface area contributed by atoms with E-state index in [0.717, 1.165) is 12.1 Å². The molecule has 0 aliphatic heterocycles. The van der Waals surface area contributed by atoms with E-state index in [1.165, 1.54) is 11.8 Å². The summed E-state index contributed by atoms with van der Waals surface area (Å²) in [6.45, 7) is 13.3. The van der Waals surface area contributed by atoms with E-state index in [1.54, 1.807) is 30.2 Å². The molecule has 37 heavy (non-hydrogen) atoms. The van der Waals surface area contributed by atoms with Gasteiger partial charge in [0.15, 0.2) is 0 Å². The van der Waals surface area contributed by atoms with Gasteiger partial charge in [0.2, 0.25) is 5.91 Å². The maximum atomic E-state index is 13.2. The predicted octanol–water partition coefficient (Wildman–Crippen LogP) is 5.02. The molecule has 10 heteroatoms. The van der Waals surface area contributed by atoms with Crippen molar-refractivity contribution in [2.75, 3.05) is 52.6 Å². The fourth-order valence-corrected chi connectivity index (χ4v) is 3.38. The van der Waals surface area contributed by atoms with Crippen LogP contribution in [-0.2, 0) is 9.59 Å². The second-order valence-corrected chi connectivity index (χ2v) is 9.74. The molecule has 208 valence electrons. The number of urea groups is 1. The minimum atomic E-state index is -0.570. The highest BCUT2D eigenvalue weighted by molar-refractivity contribution is 7.84. The van der Waals surface area contributed by atoms with E-state index in [-0.39, 0.29) is 28.3 Å². The highest BCUT2D eigenvalue weighted by atomic mass is 35.5. The number of nitrogens with zero attached hydrogens (tertiary/aromatic N) is 3. The van der Waals surface area contributed by atoms with Gasteiger partial charge in [0, 0.05) is 40.2 Å². The van der Waals surface area contributed by atoms with Crippen molar-refractivity contribution < 1.29 is 14.4 Å². The molecule has 0 fully saturated rings. The molecular formula is C27H44ClN5O3S. The molecule has 0 spiro atoms. The number of rotatable bonds is 11. The molecule has 1 aromatic carbocycles. The van der Waals surface area contributed by atoms with Crippen LogP contribution < -0.4 is 10.6 Å². The van der Waals surface area contributed by atoms with Crippen LogP contribution in [0.25, 0.3) is 0 Å². The van der Waals surface area contributed by atoms with E-state index < -0.39 is 6.03 Å². The lowest BCUT2D eigenvalue weighted by atomic mass is 10.1. The Morgan fingerprint density at radius 2 is 1.65 bits per heavy atom. The van der Waals surface area contributed by atoms with E-state index in [9.17, 15) is 14.4 Å². The van der Waals surface area contributed by atoms with Crippen LogP contribution in [-0.4, -0.2) is 79.9 Å². The van der Waals surface area contributed by atoms with Crippen LogP contribution in [0.15, 0.2) is 41.0 Å². The van der Waals surface area contributed by atoms with Crippen molar-refractivity contribution in [2.45, 2.75) is 41.5 Å². The highest BCUT2D eigenvalue weighted by Gasteiger charge is 2.19. The van der Waals surface area contributed by atoms with Crippen LogP contribution in [0.2, 0.25) is 5.02 Å².